The summed E-state index contributed by atoms with van der Waals surface area (Å²) in [6.45, 7) is 15.1. The van der Waals surface area contributed by atoms with Gasteiger partial charge in [-0.1, -0.05) is 53.2 Å². The standard InChI is InChI=1S/C37H58O13S.Na/c1-19-11-16-37(31(41)42)18-17-34(5)20(28(37)36(19,7)43)9-10-22-33(4)14-13-23(32(2,3)21(33)12-15-35(22,34)6)48-30-25(39)26(50-51(44,45)46)24(38)27(49-30)29(40)47-8;/h9,19,21-28,30,38-39,43H,10-18H2,1-8H3,(H,41,42)(H,44,45,46);/q;+1/p-1/t19-,21+,22-,23+,24+,25-,26+,27+,28-,30-,33+,34-,35-,36-,37+;/m1./s1. The summed E-state index contributed by atoms with van der Waals surface area (Å²) in [6, 6.07) is 0. The second-order valence-electron chi connectivity index (χ2n) is 18.2. The van der Waals surface area contributed by atoms with Crippen molar-refractivity contribution >= 4 is 22.3 Å². The third-order valence-corrected chi connectivity index (χ3v) is 16.4. The second-order valence-corrected chi connectivity index (χ2v) is 19.3. The Labute approximate surface area is 329 Å². The number of fused-ring (bicyclic) bond motifs is 7. The van der Waals surface area contributed by atoms with E-state index in [4.69, 9.17) is 14.2 Å². The van der Waals surface area contributed by atoms with Crippen molar-refractivity contribution in [2.75, 3.05) is 7.11 Å². The number of allylic oxidation sites excluding steroid dienone is 1. The summed E-state index contributed by atoms with van der Waals surface area (Å²) in [5, 5.41) is 46.8. The number of carboxylic acids is 1. The Kier molecular flexibility index (Phi) is 11.3. The number of hydrogen-bond donors (Lipinski definition) is 4. The molecule has 6 rings (SSSR count). The van der Waals surface area contributed by atoms with Gasteiger partial charge in [-0.05, 0) is 104 Å². The molecule has 4 N–H and O–H groups in total. The monoisotopic (exact) mass is 764 g/mol. The number of aliphatic carboxylic acids is 1. The first kappa shape index (κ1) is 42.5. The molecule has 1 heterocycles. The second kappa shape index (κ2) is 13.8. The van der Waals surface area contributed by atoms with E-state index in [0.29, 0.717) is 32.1 Å². The summed E-state index contributed by atoms with van der Waals surface area (Å²) in [7, 11) is -4.07. The molecule has 290 valence electrons. The van der Waals surface area contributed by atoms with Gasteiger partial charge in [-0.3, -0.25) is 4.55 Å². The van der Waals surface area contributed by atoms with E-state index in [2.05, 4.69) is 44.9 Å². The van der Waals surface area contributed by atoms with Crippen LogP contribution in [-0.4, -0.2) is 89.7 Å². The van der Waals surface area contributed by atoms with E-state index in [0.717, 1.165) is 38.4 Å². The maximum absolute atomic E-state index is 12.9. The molecular weight excluding hydrogens is 707 g/mol. The van der Waals surface area contributed by atoms with Crippen LogP contribution in [0.2, 0.25) is 0 Å². The van der Waals surface area contributed by atoms with Gasteiger partial charge in [0.05, 0.1) is 18.8 Å². The van der Waals surface area contributed by atoms with Gasteiger partial charge in [0.2, 0.25) is 0 Å². The van der Waals surface area contributed by atoms with Crippen molar-refractivity contribution in [1.29, 1.82) is 0 Å². The fourth-order valence-electron chi connectivity index (χ4n) is 12.7. The van der Waals surface area contributed by atoms with Crippen molar-refractivity contribution in [2.24, 2.45) is 50.7 Å². The van der Waals surface area contributed by atoms with Crippen LogP contribution in [0.15, 0.2) is 11.6 Å². The van der Waals surface area contributed by atoms with E-state index in [9.17, 15) is 43.0 Å². The normalized spacial score (nSPS) is 49.8. The molecule has 52 heavy (non-hydrogen) atoms. The van der Waals surface area contributed by atoms with Gasteiger partial charge >= 0.3 is 45.9 Å². The number of aliphatic hydroxyl groups excluding tert-OH is 2. The third-order valence-electron chi connectivity index (χ3n) is 15.9. The van der Waals surface area contributed by atoms with Gasteiger partial charge in [0.15, 0.2) is 12.4 Å². The predicted octanol–water partition coefficient (Wildman–Crippen LogP) is -0.294. The molecule has 5 fully saturated rings. The summed E-state index contributed by atoms with van der Waals surface area (Å²) >= 11 is 0. The van der Waals surface area contributed by atoms with Crippen molar-refractivity contribution < 1.29 is 90.9 Å². The van der Waals surface area contributed by atoms with Gasteiger partial charge in [-0.15, -0.1) is 0 Å². The molecule has 0 aromatic carbocycles. The van der Waals surface area contributed by atoms with Crippen LogP contribution in [0.25, 0.3) is 0 Å². The van der Waals surface area contributed by atoms with E-state index in [1.807, 2.05) is 13.8 Å². The van der Waals surface area contributed by atoms with E-state index in [-0.39, 0.29) is 63.6 Å². The SMILES string of the molecule is COC(=O)[C@H]1O[C@@H](O[C@H]2CC[C@]3(C)[C@H]4CC=C5[C@H]6[C@](C(=O)[O-])(CC[C@@H](C)[C@@]6(C)O)CC[C@@]5(C)[C@]4(C)CC[C@H]3C2(C)C)[C@H](O)[C@@H](OS(=O)(=O)O)[C@@H]1O.[Na+]. The molecule has 4 saturated carbocycles. The van der Waals surface area contributed by atoms with E-state index in [1.165, 1.54) is 0 Å². The Morgan fingerprint density at radius 3 is 2.19 bits per heavy atom. The molecule has 0 bridgehead atoms. The van der Waals surface area contributed by atoms with Gasteiger partial charge in [-0.2, -0.15) is 8.42 Å². The topological polar surface area (TPSA) is 209 Å². The molecule has 1 saturated heterocycles. The van der Waals surface area contributed by atoms with Crippen LogP contribution in [0.3, 0.4) is 0 Å². The van der Waals surface area contributed by atoms with Gasteiger partial charge in [0.1, 0.15) is 18.3 Å². The Hall–Kier alpha value is -0.650. The summed E-state index contributed by atoms with van der Waals surface area (Å²) in [4.78, 5) is 25.4. The van der Waals surface area contributed by atoms with Gasteiger partial charge in [-0.25, -0.2) is 8.98 Å². The van der Waals surface area contributed by atoms with Crippen molar-refractivity contribution in [2.45, 2.75) is 149 Å². The van der Waals surface area contributed by atoms with Crippen LogP contribution >= 0.6 is 0 Å². The quantitative estimate of drug-likeness (QED) is 0.0903. The Morgan fingerprint density at radius 1 is 0.942 bits per heavy atom. The molecule has 15 atom stereocenters. The molecule has 0 aromatic heterocycles. The van der Waals surface area contributed by atoms with Crippen molar-refractivity contribution in [3.8, 4) is 0 Å². The predicted molar refractivity (Wildman–Crippen MR) is 179 cm³/mol. The molecule has 6 aliphatic rings. The summed E-state index contributed by atoms with van der Waals surface area (Å²) in [5.74, 6) is -2.29. The molecule has 0 amide bonds. The Bertz CT molecular complexity index is 1570. The van der Waals surface area contributed by atoms with Gasteiger partial charge in [0.25, 0.3) is 0 Å². The molecule has 5 aliphatic carbocycles. The molecule has 0 radical (unpaired) electrons. The zero-order chi connectivity index (χ0) is 37.9. The molecule has 15 heteroatoms. The zero-order valence-corrected chi connectivity index (χ0v) is 34.9. The number of carboxylic acid groups (broad SMARTS) is 1. The largest absolute Gasteiger partial charge is 1.00 e. The number of aliphatic hydroxyl groups is 3. The number of esters is 1. The first-order valence-electron chi connectivity index (χ1n) is 18.5. The summed E-state index contributed by atoms with van der Waals surface area (Å²) in [5.41, 5.74) is -2.39. The van der Waals surface area contributed by atoms with E-state index in [1.54, 1.807) is 0 Å². The molecule has 0 spiro atoms. The number of carbonyl (C=O) groups is 2. The van der Waals surface area contributed by atoms with Crippen LogP contribution < -0.4 is 34.7 Å². The summed E-state index contributed by atoms with van der Waals surface area (Å²) < 4.78 is 54.0. The van der Waals surface area contributed by atoms with E-state index < -0.39 is 81.5 Å². The van der Waals surface area contributed by atoms with Crippen molar-refractivity contribution in [1.82, 2.24) is 0 Å². The molecular formula is C37H57NaO13S. The first-order valence-corrected chi connectivity index (χ1v) is 19.8. The van der Waals surface area contributed by atoms with Crippen molar-refractivity contribution in [3.63, 3.8) is 0 Å². The first-order chi connectivity index (χ1) is 23.4. The molecule has 1 aliphatic heterocycles. The minimum Gasteiger partial charge on any atom is -0.550 e. The van der Waals surface area contributed by atoms with Crippen LogP contribution in [-0.2, 0) is 38.4 Å². The number of carbonyl (C=O) groups excluding carboxylic acids is 2. The van der Waals surface area contributed by atoms with Crippen LogP contribution in [0, 0.1) is 50.7 Å². The molecule has 0 aromatic rings. The fraction of sp³-hybridized carbons (Fsp3) is 0.892. The van der Waals surface area contributed by atoms with Crippen LogP contribution in [0.5, 0.6) is 0 Å². The van der Waals surface area contributed by atoms with Crippen LogP contribution in [0.1, 0.15) is 106 Å². The minimum atomic E-state index is -5.14. The zero-order valence-electron chi connectivity index (χ0n) is 32.1. The molecule has 13 nitrogen and oxygen atoms in total. The Balaban J connectivity index is 0.00000523. The van der Waals surface area contributed by atoms with Gasteiger partial charge < -0.3 is 39.4 Å². The Morgan fingerprint density at radius 2 is 1.60 bits per heavy atom. The average Bonchev–Trinajstić information content (AvgIpc) is 3.02. The van der Waals surface area contributed by atoms with E-state index >= 15 is 0 Å². The maximum atomic E-state index is 12.9. The number of ether oxygens (including phenoxy) is 3. The summed E-state index contributed by atoms with van der Waals surface area (Å²) in [6.07, 6.45) is -1.31. The average molecular weight is 765 g/mol. The minimum absolute atomic E-state index is 0. The fourth-order valence-corrected chi connectivity index (χ4v) is 13.2. The molecule has 0 unspecified atom stereocenters. The number of hydrogen-bond acceptors (Lipinski definition) is 12. The van der Waals surface area contributed by atoms with Crippen LogP contribution in [0.4, 0.5) is 0 Å². The van der Waals surface area contributed by atoms with Gasteiger partial charge in [0, 0.05) is 17.3 Å². The smallest absolute Gasteiger partial charge is 0.550 e. The maximum Gasteiger partial charge on any atom is 1.00 e. The number of methoxy groups -OCH3 is 1. The van der Waals surface area contributed by atoms with Crippen molar-refractivity contribution in [3.05, 3.63) is 11.6 Å². The number of rotatable bonds is 6. The third kappa shape index (κ3) is 6.12.